The average molecular weight is 323 g/mol. The molecule has 124 valence electrons. The van der Waals surface area contributed by atoms with Crippen molar-refractivity contribution >= 4 is 16.9 Å². The number of nitrogens with zero attached hydrogens (tertiary/aromatic N) is 3. The third-order valence-corrected chi connectivity index (χ3v) is 4.12. The summed E-state index contributed by atoms with van der Waals surface area (Å²) in [5.41, 5.74) is 3.37. The van der Waals surface area contributed by atoms with E-state index in [4.69, 9.17) is 0 Å². The number of hydrogen-bond donors (Lipinski definition) is 1. The summed E-state index contributed by atoms with van der Waals surface area (Å²) in [4.78, 5) is 18.0. The number of likely N-dealkylation sites (N-methyl/N-ethyl adjacent to an activating group) is 1. The number of amides is 1. The van der Waals surface area contributed by atoms with E-state index in [9.17, 15) is 9.90 Å². The Labute approximate surface area is 141 Å². The second kappa shape index (κ2) is 6.35. The van der Waals surface area contributed by atoms with Crippen molar-refractivity contribution in [2.24, 2.45) is 0 Å². The zero-order valence-electron chi connectivity index (χ0n) is 14.2. The summed E-state index contributed by atoms with van der Waals surface area (Å²) in [6.07, 6.45) is 0.256. The number of carbonyl (C=O) groups is 1. The summed E-state index contributed by atoms with van der Waals surface area (Å²) < 4.78 is 2.06. The molecule has 3 aromatic rings. The van der Waals surface area contributed by atoms with E-state index in [0.29, 0.717) is 12.1 Å². The number of fused-ring (bicyclic) bond motifs is 1. The minimum Gasteiger partial charge on any atom is -0.506 e. The fourth-order valence-corrected chi connectivity index (χ4v) is 2.78. The first-order valence-electron chi connectivity index (χ1n) is 7.88. The molecule has 1 aromatic heterocycles. The molecule has 0 atom stereocenters. The SMILES string of the molecule is Cc1nc2c(O)cc(CC(=O)N(C)C)cc2n1Cc1ccccc1. The predicted octanol–water partition coefficient (Wildman–Crippen LogP) is 2.73. The smallest absolute Gasteiger partial charge is 0.226 e. The highest BCUT2D eigenvalue weighted by molar-refractivity contribution is 5.86. The lowest BCUT2D eigenvalue weighted by Gasteiger charge is -2.11. The van der Waals surface area contributed by atoms with Gasteiger partial charge in [0, 0.05) is 20.6 Å². The Morgan fingerprint density at radius 3 is 2.54 bits per heavy atom. The van der Waals surface area contributed by atoms with Gasteiger partial charge >= 0.3 is 0 Å². The third-order valence-electron chi connectivity index (χ3n) is 4.12. The van der Waals surface area contributed by atoms with Gasteiger partial charge in [0.2, 0.25) is 5.91 Å². The van der Waals surface area contributed by atoms with E-state index in [2.05, 4.69) is 21.7 Å². The molecule has 0 spiro atoms. The maximum Gasteiger partial charge on any atom is 0.226 e. The van der Waals surface area contributed by atoms with E-state index in [-0.39, 0.29) is 18.1 Å². The second-order valence-electron chi connectivity index (χ2n) is 6.18. The molecule has 5 nitrogen and oxygen atoms in total. The monoisotopic (exact) mass is 323 g/mol. The standard InChI is InChI=1S/C19H21N3O2/c1-13-20-19-16(22(13)12-14-7-5-4-6-8-14)9-15(10-17(19)23)11-18(24)21(2)3/h4-10,23H,11-12H2,1-3H3. The lowest BCUT2D eigenvalue weighted by Crippen LogP contribution is -2.23. The normalized spacial score (nSPS) is 11.0. The highest BCUT2D eigenvalue weighted by atomic mass is 16.3. The van der Waals surface area contributed by atoms with Crippen LogP contribution in [0.2, 0.25) is 0 Å². The van der Waals surface area contributed by atoms with E-state index in [1.54, 1.807) is 25.1 Å². The molecule has 1 N–H and O–H groups in total. The molecule has 0 unspecified atom stereocenters. The maximum absolute atomic E-state index is 12.0. The van der Waals surface area contributed by atoms with Crippen molar-refractivity contribution in [3.63, 3.8) is 0 Å². The van der Waals surface area contributed by atoms with Crippen molar-refractivity contribution in [2.45, 2.75) is 19.9 Å². The molecule has 0 radical (unpaired) electrons. The van der Waals surface area contributed by atoms with Crippen molar-refractivity contribution in [1.82, 2.24) is 14.5 Å². The Morgan fingerprint density at radius 2 is 1.88 bits per heavy atom. The maximum atomic E-state index is 12.0. The fraction of sp³-hybridized carbons (Fsp3) is 0.263. The Hall–Kier alpha value is -2.82. The number of aromatic hydroxyl groups is 1. The molecule has 0 aliphatic rings. The van der Waals surface area contributed by atoms with Crippen LogP contribution in [0.3, 0.4) is 0 Å². The summed E-state index contributed by atoms with van der Waals surface area (Å²) in [5, 5.41) is 10.3. The van der Waals surface area contributed by atoms with Gasteiger partial charge in [-0.15, -0.1) is 0 Å². The van der Waals surface area contributed by atoms with Gasteiger partial charge in [-0.05, 0) is 30.2 Å². The highest BCUT2D eigenvalue weighted by Gasteiger charge is 2.15. The summed E-state index contributed by atoms with van der Waals surface area (Å²) in [6, 6.07) is 13.7. The van der Waals surface area contributed by atoms with Gasteiger partial charge in [0.05, 0.1) is 11.9 Å². The van der Waals surface area contributed by atoms with Gasteiger partial charge < -0.3 is 14.6 Å². The molecule has 1 amide bonds. The number of benzene rings is 2. The molecule has 0 saturated carbocycles. The van der Waals surface area contributed by atoms with Crippen molar-refractivity contribution in [3.05, 3.63) is 59.4 Å². The van der Waals surface area contributed by atoms with Gasteiger partial charge in [0.15, 0.2) is 0 Å². The highest BCUT2D eigenvalue weighted by Crippen LogP contribution is 2.28. The molecule has 0 saturated heterocycles. The number of hydrogen-bond acceptors (Lipinski definition) is 3. The van der Waals surface area contributed by atoms with Crippen LogP contribution in [0.5, 0.6) is 5.75 Å². The van der Waals surface area contributed by atoms with E-state index in [0.717, 1.165) is 22.5 Å². The quantitative estimate of drug-likeness (QED) is 0.803. The van der Waals surface area contributed by atoms with E-state index in [1.807, 2.05) is 31.2 Å². The fourth-order valence-electron chi connectivity index (χ4n) is 2.78. The van der Waals surface area contributed by atoms with Gasteiger partial charge in [-0.2, -0.15) is 0 Å². The number of aryl methyl sites for hydroxylation is 1. The second-order valence-corrected chi connectivity index (χ2v) is 6.18. The summed E-state index contributed by atoms with van der Waals surface area (Å²) in [7, 11) is 3.45. The molecule has 5 heteroatoms. The van der Waals surface area contributed by atoms with E-state index < -0.39 is 0 Å². The van der Waals surface area contributed by atoms with Crippen LogP contribution in [0.25, 0.3) is 11.0 Å². The molecule has 0 fully saturated rings. The van der Waals surface area contributed by atoms with Crippen molar-refractivity contribution in [1.29, 1.82) is 0 Å². The third kappa shape index (κ3) is 3.11. The Kier molecular flexibility index (Phi) is 4.25. The number of phenolic OH excluding ortho intramolecular Hbond substituents is 1. The van der Waals surface area contributed by atoms with Crippen molar-refractivity contribution < 1.29 is 9.90 Å². The first-order valence-corrected chi connectivity index (χ1v) is 7.88. The average Bonchev–Trinajstić information content (AvgIpc) is 2.85. The summed E-state index contributed by atoms with van der Waals surface area (Å²) in [6.45, 7) is 2.60. The zero-order valence-corrected chi connectivity index (χ0v) is 14.2. The van der Waals surface area contributed by atoms with Gasteiger partial charge in [0.25, 0.3) is 0 Å². The topological polar surface area (TPSA) is 58.4 Å². The number of phenols is 1. The minimum atomic E-state index is -0.000374. The lowest BCUT2D eigenvalue weighted by atomic mass is 10.1. The largest absolute Gasteiger partial charge is 0.506 e. The minimum absolute atomic E-state index is 0.000374. The number of rotatable bonds is 4. The molecule has 1 heterocycles. The lowest BCUT2D eigenvalue weighted by molar-refractivity contribution is -0.127. The van der Waals surface area contributed by atoms with Gasteiger partial charge in [-0.1, -0.05) is 30.3 Å². The van der Waals surface area contributed by atoms with E-state index >= 15 is 0 Å². The first kappa shape index (κ1) is 16.1. The van der Waals surface area contributed by atoms with Gasteiger partial charge in [-0.3, -0.25) is 4.79 Å². The van der Waals surface area contributed by atoms with Gasteiger partial charge in [-0.25, -0.2) is 4.98 Å². The molecule has 3 rings (SSSR count). The van der Waals surface area contributed by atoms with Crippen LogP contribution in [-0.4, -0.2) is 39.6 Å². The molecular weight excluding hydrogens is 302 g/mol. The number of imidazole rings is 1. The van der Waals surface area contributed by atoms with Crippen LogP contribution in [-0.2, 0) is 17.8 Å². The van der Waals surface area contributed by atoms with Crippen LogP contribution < -0.4 is 0 Å². The van der Waals surface area contributed by atoms with Crippen LogP contribution in [0, 0.1) is 6.92 Å². The van der Waals surface area contributed by atoms with Gasteiger partial charge in [0.1, 0.15) is 17.1 Å². The summed E-state index contributed by atoms with van der Waals surface area (Å²) >= 11 is 0. The Balaban J connectivity index is 2.04. The van der Waals surface area contributed by atoms with E-state index in [1.165, 1.54) is 0 Å². The van der Waals surface area contributed by atoms with Crippen molar-refractivity contribution in [3.8, 4) is 5.75 Å². The van der Waals surface area contributed by atoms with Crippen LogP contribution in [0.4, 0.5) is 0 Å². The Morgan fingerprint density at radius 1 is 1.17 bits per heavy atom. The Bertz CT molecular complexity index is 883. The molecular formula is C19H21N3O2. The molecule has 2 aromatic carbocycles. The van der Waals surface area contributed by atoms with Crippen LogP contribution >= 0.6 is 0 Å². The first-order chi connectivity index (χ1) is 11.5. The summed E-state index contributed by atoms with van der Waals surface area (Å²) in [5.74, 6) is 0.948. The molecule has 24 heavy (non-hydrogen) atoms. The molecule has 0 bridgehead atoms. The zero-order chi connectivity index (χ0) is 17.3. The molecule has 0 aliphatic heterocycles. The molecule has 0 aliphatic carbocycles. The van der Waals surface area contributed by atoms with Crippen molar-refractivity contribution in [2.75, 3.05) is 14.1 Å². The van der Waals surface area contributed by atoms with Crippen LogP contribution in [0.15, 0.2) is 42.5 Å². The number of carbonyl (C=O) groups excluding carboxylic acids is 1. The predicted molar refractivity (Wildman–Crippen MR) is 94.1 cm³/mol. The van der Waals surface area contributed by atoms with Crippen LogP contribution in [0.1, 0.15) is 17.0 Å². The number of aromatic nitrogens is 2.